The normalized spacial score (nSPS) is 12.9. The molecule has 0 saturated heterocycles. The van der Waals surface area contributed by atoms with Gasteiger partial charge in [-0.15, -0.1) is 0 Å². The Bertz CT molecular complexity index is 406. The van der Waals surface area contributed by atoms with Crippen molar-refractivity contribution in [2.45, 2.75) is 33.2 Å². The molecule has 0 radical (unpaired) electrons. The number of carbonyl (C=O) groups excluding carboxylic acids is 2. The standard InChI is InChI=1S/C10H20N2O6S/c1-5-18-10(14)12-19(15,16)11-8(6-7(2)3)9(13)17-4/h7-8,11H,5-6H2,1-4H3,(H,12,14). The summed E-state index contributed by atoms with van der Waals surface area (Å²) in [6, 6.07) is -1.06. The quantitative estimate of drug-likeness (QED) is 0.647. The first kappa shape index (κ1) is 17.6. The van der Waals surface area contributed by atoms with Crippen LogP contribution in [0.3, 0.4) is 0 Å². The highest BCUT2D eigenvalue weighted by Gasteiger charge is 2.27. The molecular weight excluding hydrogens is 276 g/mol. The fourth-order valence-corrected chi connectivity index (χ4v) is 2.20. The summed E-state index contributed by atoms with van der Waals surface area (Å²) in [6.07, 6.45) is -0.862. The second-order valence-corrected chi connectivity index (χ2v) is 5.60. The zero-order valence-electron chi connectivity index (χ0n) is 11.4. The van der Waals surface area contributed by atoms with E-state index in [0.29, 0.717) is 0 Å². The molecule has 0 aliphatic rings. The molecule has 0 aromatic rings. The van der Waals surface area contributed by atoms with Gasteiger partial charge in [0.25, 0.3) is 0 Å². The zero-order chi connectivity index (χ0) is 15.1. The molecule has 19 heavy (non-hydrogen) atoms. The lowest BCUT2D eigenvalue weighted by atomic mass is 10.1. The molecule has 0 aliphatic carbocycles. The maximum absolute atomic E-state index is 11.6. The summed E-state index contributed by atoms with van der Waals surface area (Å²) < 4.78 is 35.8. The van der Waals surface area contributed by atoms with Crippen molar-refractivity contribution in [1.29, 1.82) is 0 Å². The van der Waals surface area contributed by atoms with Crippen LogP contribution in [0.15, 0.2) is 0 Å². The van der Waals surface area contributed by atoms with E-state index in [4.69, 9.17) is 0 Å². The van der Waals surface area contributed by atoms with Crippen molar-refractivity contribution in [3.05, 3.63) is 0 Å². The van der Waals surface area contributed by atoms with Gasteiger partial charge in [0.2, 0.25) is 0 Å². The van der Waals surface area contributed by atoms with Crippen molar-refractivity contribution in [3.63, 3.8) is 0 Å². The zero-order valence-corrected chi connectivity index (χ0v) is 12.2. The fourth-order valence-electron chi connectivity index (χ4n) is 1.29. The molecule has 0 spiro atoms. The third-order valence-corrected chi connectivity index (χ3v) is 3.01. The average molecular weight is 296 g/mol. The number of methoxy groups -OCH3 is 1. The molecule has 0 rings (SSSR count). The number of hydrogen-bond acceptors (Lipinski definition) is 6. The van der Waals surface area contributed by atoms with Gasteiger partial charge in [0.05, 0.1) is 13.7 Å². The molecule has 112 valence electrons. The molecule has 2 N–H and O–H groups in total. The minimum Gasteiger partial charge on any atom is -0.468 e. The summed E-state index contributed by atoms with van der Waals surface area (Å²) in [5.41, 5.74) is 0. The maximum Gasteiger partial charge on any atom is 0.421 e. The highest BCUT2D eigenvalue weighted by molar-refractivity contribution is 7.88. The fraction of sp³-hybridized carbons (Fsp3) is 0.800. The van der Waals surface area contributed by atoms with Gasteiger partial charge in [0.1, 0.15) is 6.04 Å². The Kier molecular flexibility index (Phi) is 7.38. The Hall–Kier alpha value is -1.35. The Balaban J connectivity index is 4.72. The third kappa shape index (κ3) is 7.62. The van der Waals surface area contributed by atoms with Crippen molar-refractivity contribution >= 4 is 22.3 Å². The molecule has 9 heteroatoms. The molecule has 0 aromatic carbocycles. The van der Waals surface area contributed by atoms with E-state index >= 15 is 0 Å². The summed E-state index contributed by atoms with van der Waals surface area (Å²) in [5.74, 6) is -0.655. The predicted octanol–water partition coefficient (Wildman–Crippen LogP) is 0.155. The summed E-state index contributed by atoms with van der Waals surface area (Å²) in [4.78, 5) is 22.5. The topological polar surface area (TPSA) is 111 Å². The van der Waals surface area contributed by atoms with E-state index in [9.17, 15) is 18.0 Å². The van der Waals surface area contributed by atoms with Gasteiger partial charge in [-0.25, -0.2) is 9.52 Å². The minimum absolute atomic E-state index is 0.0355. The molecule has 8 nitrogen and oxygen atoms in total. The van der Waals surface area contributed by atoms with Crippen LogP contribution in [0.25, 0.3) is 0 Å². The lowest BCUT2D eigenvalue weighted by Gasteiger charge is -2.18. The molecule has 0 aliphatic heterocycles. The first-order chi connectivity index (χ1) is 8.71. The van der Waals surface area contributed by atoms with E-state index in [1.165, 1.54) is 6.92 Å². The van der Waals surface area contributed by atoms with Crippen molar-refractivity contribution in [2.75, 3.05) is 13.7 Å². The molecule has 0 saturated carbocycles. The Labute approximate surface area is 113 Å². The van der Waals surface area contributed by atoms with Gasteiger partial charge in [-0.2, -0.15) is 13.1 Å². The Morgan fingerprint density at radius 3 is 2.26 bits per heavy atom. The lowest BCUT2D eigenvalue weighted by Crippen LogP contribution is -2.49. The van der Waals surface area contributed by atoms with Gasteiger partial charge in [-0.1, -0.05) is 13.8 Å². The Morgan fingerprint density at radius 1 is 1.26 bits per heavy atom. The van der Waals surface area contributed by atoms with Crippen LogP contribution in [0.2, 0.25) is 0 Å². The number of amides is 1. The summed E-state index contributed by atoms with van der Waals surface area (Å²) in [5, 5.41) is 0. The van der Waals surface area contributed by atoms with Crippen molar-refractivity contribution in [2.24, 2.45) is 5.92 Å². The SMILES string of the molecule is CCOC(=O)NS(=O)(=O)NC(CC(C)C)C(=O)OC. The van der Waals surface area contributed by atoms with E-state index in [2.05, 4.69) is 14.2 Å². The van der Waals surface area contributed by atoms with Gasteiger partial charge >= 0.3 is 22.3 Å². The molecule has 1 unspecified atom stereocenters. The second kappa shape index (κ2) is 7.95. The number of hydrogen-bond donors (Lipinski definition) is 2. The third-order valence-electron chi connectivity index (χ3n) is 1.98. The van der Waals surface area contributed by atoms with Gasteiger partial charge in [-0.05, 0) is 19.3 Å². The smallest absolute Gasteiger partial charge is 0.421 e. The van der Waals surface area contributed by atoms with E-state index in [0.717, 1.165) is 7.11 Å². The van der Waals surface area contributed by atoms with E-state index < -0.39 is 28.3 Å². The van der Waals surface area contributed by atoms with Gasteiger partial charge in [0, 0.05) is 0 Å². The van der Waals surface area contributed by atoms with Crippen LogP contribution in [-0.2, 0) is 24.5 Å². The van der Waals surface area contributed by atoms with E-state index in [-0.39, 0.29) is 18.9 Å². The van der Waals surface area contributed by atoms with Crippen LogP contribution >= 0.6 is 0 Å². The molecule has 0 fully saturated rings. The molecule has 1 amide bonds. The van der Waals surface area contributed by atoms with Gasteiger partial charge < -0.3 is 9.47 Å². The highest BCUT2D eigenvalue weighted by Crippen LogP contribution is 2.07. The van der Waals surface area contributed by atoms with E-state index in [1.54, 1.807) is 4.72 Å². The summed E-state index contributed by atoms with van der Waals surface area (Å²) in [6.45, 7) is 5.22. The predicted molar refractivity (Wildman–Crippen MR) is 67.5 cm³/mol. The summed E-state index contributed by atoms with van der Waals surface area (Å²) in [7, 11) is -3.02. The maximum atomic E-state index is 11.6. The van der Waals surface area contributed by atoms with E-state index in [1.807, 2.05) is 13.8 Å². The average Bonchev–Trinajstić information content (AvgIpc) is 2.25. The number of esters is 1. The number of nitrogens with one attached hydrogen (secondary N) is 2. The van der Waals surface area contributed by atoms with Crippen LogP contribution in [0.4, 0.5) is 4.79 Å². The molecule has 0 bridgehead atoms. The minimum atomic E-state index is -4.18. The number of rotatable bonds is 7. The first-order valence-electron chi connectivity index (χ1n) is 5.76. The number of ether oxygens (including phenoxy) is 2. The van der Waals surface area contributed by atoms with Gasteiger partial charge in [0.15, 0.2) is 0 Å². The largest absolute Gasteiger partial charge is 0.468 e. The first-order valence-corrected chi connectivity index (χ1v) is 7.24. The molecular formula is C10H20N2O6S. The Morgan fingerprint density at radius 2 is 1.84 bits per heavy atom. The number of carbonyl (C=O) groups is 2. The van der Waals surface area contributed by atoms with Crippen LogP contribution in [-0.4, -0.2) is 40.2 Å². The lowest BCUT2D eigenvalue weighted by molar-refractivity contribution is -0.143. The van der Waals surface area contributed by atoms with Crippen LogP contribution in [0, 0.1) is 5.92 Å². The highest BCUT2D eigenvalue weighted by atomic mass is 32.2. The van der Waals surface area contributed by atoms with Crippen LogP contribution < -0.4 is 9.44 Å². The molecule has 0 aromatic heterocycles. The van der Waals surface area contributed by atoms with Gasteiger partial charge in [-0.3, -0.25) is 4.79 Å². The molecule has 0 heterocycles. The monoisotopic (exact) mass is 296 g/mol. The molecule has 1 atom stereocenters. The second-order valence-electron chi connectivity index (χ2n) is 4.15. The van der Waals surface area contributed by atoms with Crippen LogP contribution in [0.1, 0.15) is 27.2 Å². The summed E-state index contributed by atoms with van der Waals surface area (Å²) >= 11 is 0. The van der Waals surface area contributed by atoms with Crippen LogP contribution in [0.5, 0.6) is 0 Å². The van der Waals surface area contributed by atoms with Crippen molar-refractivity contribution < 1.29 is 27.5 Å². The van der Waals surface area contributed by atoms with Crippen molar-refractivity contribution in [1.82, 2.24) is 9.44 Å². The van der Waals surface area contributed by atoms with Crippen molar-refractivity contribution in [3.8, 4) is 0 Å².